The number of nitrogens with one attached hydrogen (secondary N) is 1. The van der Waals surface area contributed by atoms with Crippen molar-refractivity contribution in [2.75, 3.05) is 6.54 Å². The lowest BCUT2D eigenvalue weighted by molar-refractivity contribution is 0.0954. The summed E-state index contributed by atoms with van der Waals surface area (Å²) in [5.74, 6) is -0.0997. The van der Waals surface area contributed by atoms with Crippen molar-refractivity contribution in [3.8, 4) is 5.69 Å². The molecule has 6 nitrogen and oxygen atoms in total. The van der Waals surface area contributed by atoms with Gasteiger partial charge in [0, 0.05) is 17.8 Å². The van der Waals surface area contributed by atoms with Crippen LogP contribution in [-0.2, 0) is 13.0 Å². The van der Waals surface area contributed by atoms with Crippen LogP contribution < -0.4 is 5.32 Å². The first kappa shape index (κ1) is 15.9. The Morgan fingerprint density at radius 2 is 1.58 bits per heavy atom. The Morgan fingerprint density at radius 1 is 0.958 bits per heavy atom. The van der Waals surface area contributed by atoms with Crippen molar-refractivity contribution in [2.45, 2.75) is 13.0 Å². The Morgan fingerprint density at radius 3 is 2.21 bits per heavy atom. The van der Waals surface area contributed by atoms with Gasteiger partial charge in [-0.1, -0.05) is 24.3 Å². The monoisotopic (exact) mass is 322 g/mol. The molecule has 0 aliphatic rings. The van der Waals surface area contributed by atoms with E-state index in [1.54, 1.807) is 29.4 Å². The van der Waals surface area contributed by atoms with Crippen molar-refractivity contribution in [1.82, 2.24) is 20.1 Å². The second kappa shape index (κ2) is 7.52. The highest BCUT2D eigenvalue weighted by molar-refractivity contribution is 5.94. The summed E-state index contributed by atoms with van der Waals surface area (Å²) in [6, 6.07) is 15.0. The number of nitrogens with zero attached hydrogens (tertiary/aromatic N) is 3. The van der Waals surface area contributed by atoms with Gasteiger partial charge in [-0.3, -0.25) is 9.36 Å². The molecule has 122 valence electrons. The van der Waals surface area contributed by atoms with E-state index in [1.807, 2.05) is 36.4 Å². The molecule has 2 aromatic carbocycles. The summed E-state index contributed by atoms with van der Waals surface area (Å²) in [4.78, 5) is 12.2. The standard InChI is InChI=1S/C18H18N4O2/c23-11-15-3-1-14(2-4-15)9-10-19-18(24)16-5-7-17(8-6-16)22-12-20-21-13-22/h1-8,12-13,23H,9-11H2,(H,19,24). The van der Waals surface area contributed by atoms with Gasteiger partial charge in [-0.2, -0.15) is 0 Å². The summed E-state index contributed by atoms with van der Waals surface area (Å²) in [5.41, 5.74) is 3.52. The fraction of sp³-hybridized carbons (Fsp3) is 0.167. The highest BCUT2D eigenvalue weighted by Crippen LogP contribution is 2.09. The van der Waals surface area contributed by atoms with Gasteiger partial charge in [0.1, 0.15) is 12.7 Å². The molecular weight excluding hydrogens is 304 g/mol. The number of amides is 1. The zero-order valence-electron chi connectivity index (χ0n) is 13.1. The fourth-order valence-corrected chi connectivity index (χ4v) is 2.35. The summed E-state index contributed by atoms with van der Waals surface area (Å²) in [5, 5.41) is 19.4. The Balaban J connectivity index is 1.53. The average Bonchev–Trinajstić information content (AvgIpc) is 3.17. The van der Waals surface area contributed by atoms with Crippen LogP contribution >= 0.6 is 0 Å². The van der Waals surface area contributed by atoms with Crippen LogP contribution in [0.15, 0.2) is 61.2 Å². The predicted molar refractivity (Wildman–Crippen MR) is 89.8 cm³/mol. The molecule has 0 aliphatic carbocycles. The van der Waals surface area contributed by atoms with E-state index in [-0.39, 0.29) is 12.5 Å². The van der Waals surface area contributed by atoms with Crippen LogP contribution in [0.4, 0.5) is 0 Å². The van der Waals surface area contributed by atoms with Crippen LogP contribution in [0.3, 0.4) is 0 Å². The summed E-state index contributed by atoms with van der Waals surface area (Å²) >= 11 is 0. The number of aromatic nitrogens is 3. The topological polar surface area (TPSA) is 80.0 Å². The maximum atomic E-state index is 12.2. The smallest absolute Gasteiger partial charge is 0.251 e. The third-order valence-corrected chi connectivity index (χ3v) is 3.75. The molecule has 3 rings (SSSR count). The van der Waals surface area contributed by atoms with Gasteiger partial charge in [0.05, 0.1) is 6.61 Å². The molecule has 0 fully saturated rings. The van der Waals surface area contributed by atoms with Crippen molar-refractivity contribution in [3.63, 3.8) is 0 Å². The van der Waals surface area contributed by atoms with Crippen LogP contribution in [0.1, 0.15) is 21.5 Å². The van der Waals surface area contributed by atoms with Gasteiger partial charge in [0.2, 0.25) is 0 Å². The number of rotatable bonds is 6. The van der Waals surface area contributed by atoms with Gasteiger partial charge in [-0.15, -0.1) is 10.2 Å². The molecule has 0 spiro atoms. The minimum atomic E-state index is -0.0997. The van der Waals surface area contributed by atoms with Crippen molar-refractivity contribution in [3.05, 3.63) is 77.9 Å². The second-order valence-corrected chi connectivity index (χ2v) is 5.40. The minimum absolute atomic E-state index is 0.0438. The predicted octanol–water partition coefficient (Wildman–Crippen LogP) is 1.73. The number of carbonyl (C=O) groups is 1. The van der Waals surface area contributed by atoms with E-state index in [9.17, 15) is 4.79 Å². The summed E-state index contributed by atoms with van der Waals surface area (Å²) in [7, 11) is 0. The van der Waals surface area contributed by atoms with Gasteiger partial charge >= 0.3 is 0 Å². The van der Waals surface area contributed by atoms with Crippen molar-refractivity contribution >= 4 is 5.91 Å². The first-order valence-electron chi connectivity index (χ1n) is 7.68. The number of hydrogen-bond donors (Lipinski definition) is 2. The molecular formula is C18H18N4O2. The van der Waals surface area contributed by atoms with Crippen molar-refractivity contribution in [2.24, 2.45) is 0 Å². The molecule has 0 saturated carbocycles. The van der Waals surface area contributed by atoms with E-state index >= 15 is 0 Å². The lowest BCUT2D eigenvalue weighted by Crippen LogP contribution is -2.25. The lowest BCUT2D eigenvalue weighted by atomic mass is 10.1. The van der Waals surface area contributed by atoms with Crippen LogP contribution in [0, 0.1) is 0 Å². The van der Waals surface area contributed by atoms with Crippen molar-refractivity contribution in [1.29, 1.82) is 0 Å². The minimum Gasteiger partial charge on any atom is -0.392 e. The number of carbonyl (C=O) groups excluding carboxylic acids is 1. The summed E-state index contributed by atoms with van der Waals surface area (Å²) in [6.07, 6.45) is 3.96. The number of aliphatic hydroxyl groups is 1. The molecule has 0 unspecified atom stereocenters. The SMILES string of the molecule is O=C(NCCc1ccc(CO)cc1)c1ccc(-n2cnnc2)cc1. The molecule has 24 heavy (non-hydrogen) atoms. The Bertz CT molecular complexity index is 781. The largest absolute Gasteiger partial charge is 0.392 e. The number of aliphatic hydroxyl groups excluding tert-OH is 1. The molecule has 6 heteroatoms. The quantitative estimate of drug-likeness (QED) is 0.724. The van der Waals surface area contributed by atoms with Gasteiger partial charge in [0.25, 0.3) is 5.91 Å². The van der Waals surface area contributed by atoms with Crippen LogP contribution in [0.25, 0.3) is 5.69 Å². The molecule has 2 N–H and O–H groups in total. The second-order valence-electron chi connectivity index (χ2n) is 5.40. The van der Waals surface area contributed by atoms with Crippen LogP contribution in [0.5, 0.6) is 0 Å². The van der Waals surface area contributed by atoms with E-state index in [4.69, 9.17) is 5.11 Å². The molecule has 3 aromatic rings. The van der Waals surface area contributed by atoms with Gasteiger partial charge in [0.15, 0.2) is 0 Å². The zero-order valence-corrected chi connectivity index (χ0v) is 13.1. The Labute approximate surface area is 139 Å². The van der Waals surface area contributed by atoms with E-state index in [1.165, 1.54) is 0 Å². The van der Waals surface area contributed by atoms with Gasteiger partial charge in [-0.25, -0.2) is 0 Å². The number of hydrogen-bond acceptors (Lipinski definition) is 4. The van der Waals surface area contributed by atoms with E-state index in [0.717, 1.165) is 23.2 Å². The maximum absolute atomic E-state index is 12.2. The number of benzene rings is 2. The molecule has 1 aromatic heterocycles. The van der Waals surface area contributed by atoms with E-state index in [2.05, 4.69) is 15.5 Å². The summed E-state index contributed by atoms with van der Waals surface area (Å²) in [6.45, 7) is 0.604. The third kappa shape index (κ3) is 3.85. The molecule has 0 saturated heterocycles. The van der Waals surface area contributed by atoms with Gasteiger partial charge in [-0.05, 0) is 41.8 Å². The maximum Gasteiger partial charge on any atom is 0.251 e. The normalized spacial score (nSPS) is 10.5. The highest BCUT2D eigenvalue weighted by Gasteiger charge is 2.05. The average molecular weight is 322 g/mol. The molecule has 0 radical (unpaired) electrons. The van der Waals surface area contributed by atoms with Crippen LogP contribution in [0.2, 0.25) is 0 Å². The fourth-order valence-electron chi connectivity index (χ4n) is 2.35. The Hall–Kier alpha value is -2.99. The molecule has 1 amide bonds. The van der Waals surface area contributed by atoms with E-state index < -0.39 is 0 Å². The molecule has 1 heterocycles. The lowest BCUT2D eigenvalue weighted by Gasteiger charge is -2.07. The van der Waals surface area contributed by atoms with Crippen molar-refractivity contribution < 1.29 is 9.90 Å². The molecule has 0 aliphatic heterocycles. The first-order chi connectivity index (χ1) is 11.8. The highest BCUT2D eigenvalue weighted by atomic mass is 16.3. The van der Waals surface area contributed by atoms with Crippen LogP contribution in [-0.4, -0.2) is 32.3 Å². The van der Waals surface area contributed by atoms with Gasteiger partial charge < -0.3 is 10.4 Å². The summed E-state index contributed by atoms with van der Waals surface area (Å²) < 4.78 is 1.78. The Kier molecular flexibility index (Phi) is 4.98. The first-order valence-corrected chi connectivity index (χ1v) is 7.68. The van der Waals surface area contributed by atoms with E-state index in [0.29, 0.717) is 12.1 Å². The molecule has 0 atom stereocenters. The third-order valence-electron chi connectivity index (χ3n) is 3.75. The zero-order chi connectivity index (χ0) is 16.8. The molecule has 0 bridgehead atoms.